The van der Waals surface area contributed by atoms with Gasteiger partial charge in [-0.1, -0.05) is 82.2 Å². The third-order valence-corrected chi connectivity index (χ3v) is 8.47. The van der Waals surface area contributed by atoms with Crippen molar-refractivity contribution in [1.29, 1.82) is 0 Å². The van der Waals surface area contributed by atoms with E-state index in [4.69, 9.17) is 0 Å². The molecule has 210 valence electrons. The number of hydrogen-bond donors (Lipinski definition) is 3. The van der Waals surface area contributed by atoms with Crippen molar-refractivity contribution in [2.75, 3.05) is 12.0 Å². The third-order valence-electron chi connectivity index (χ3n) is 7.82. The van der Waals surface area contributed by atoms with Crippen molar-refractivity contribution >= 4 is 23.6 Å². The van der Waals surface area contributed by atoms with Crippen molar-refractivity contribution in [3.05, 3.63) is 59.2 Å². The van der Waals surface area contributed by atoms with Crippen LogP contribution in [0.2, 0.25) is 0 Å². The van der Waals surface area contributed by atoms with Crippen LogP contribution in [0.5, 0.6) is 0 Å². The zero-order valence-electron chi connectivity index (χ0n) is 25.4. The summed E-state index contributed by atoms with van der Waals surface area (Å²) in [5.74, 6) is 0.170. The number of aryl methyl sites for hydroxylation is 1. The summed E-state index contributed by atoms with van der Waals surface area (Å²) in [6.07, 6.45) is 14.1. The molecule has 1 unspecified atom stereocenters. The van der Waals surface area contributed by atoms with Gasteiger partial charge in [0.15, 0.2) is 0 Å². The number of carbonyl (C=O) groups is 2. The molecule has 3 rings (SSSR count). The molecule has 1 aliphatic carbocycles. The van der Waals surface area contributed by atoms with Crippen LogP contribution in [0, 0.1) is 12.8 Å². The molecule has 5 nitrogen and oxygen atoms in total. The van der Waals surface area contributed by atoms with Gasteiger partial charge in [-0.25, -0.2) is 4.79 Å². The van der Waals surface area contributed by atoms with Gasteiger partial charge in [0.25, 0.3) is 5.91 Å². The molecular weight excluding hydrogens is 499 g/mol. The summed E-state index contributed by atoms with van der Waals surface area (Å²) < 4.78 is 0. The van der Waals surface area contributed by atoms with Gasteiger partial charge in [0.2, 0.25) is 0 Å². The molecule has 2 aromatic rings. The minimum atomic E-state index is -0.998. The Morgan fingerprint density at radius 2 is 1.82 bits per heavy atom. The fourth-order valence-corrected chi connectivity index (χ4v) is 6.04. The number of aliphatic carboxylic acids is 1. The summed E-state index contributed by atoms with van der Waals surface area (Å²) in [6.45, 7) is 5.06. The van der Waals surface area contributed by atoms with Crippen LogP contribution in [0.3, 0.4) is 0 Å². The van der Waals surface area contributed by atoms with Gasteiger partial charge >= 0.3 is 24.8 Å². The molecule has 0 saturated heterocycles. The minimum absolute atomic E-state index is 0. The van der Waals surface area contributed by atoms with Crippen molar-refractivity contribution in [1.82, 2.24) is 10.6 Å². The van der Waals surface area contributed by atoms with Gasteiger partial charge < -0.3 is 17.2 Å². The van der Waals surface area contributed by atoms with Gasteiger partial charge in [-0.05, 0) is 78.5 Å². The van der Waals surface area contributed by atoms with Gasteiger partial charge in [0.1, 0.15) is 6.04 Å². The molecule has 7 heteroatoms. The first-order chi connectivity index (χ1) is 18.4. The molecule has 0 aliphatic heterocycles. The Morgan fingerprint density at radius 1 is 1.08 bits per heavy atom. The molecule has 1 aliphatic rings. The van der Waals surface area contributed by atoms with E-state index < -0.39 is 12.0 Å². The number of hydrogen-bond acceptors (Lipinski definition) is 4. The zero-order chi connectivity index (χ0) is 27.3. The molecule has 3 N–H and O–H groups in total. The van der Waals surface area contributed by atoms with Crippen molar-refractivity contribution < 1.29 is 35.0 Å². The van der Waals surface area contributed by atoms with Crippen molar-refractivity contribution in [3.63, 3.8) is 0 Å². The Hall–Kier alpha value is -1.71. The van der Waals surface area contributed by atoms with Gasteiger partial charge in [-0.2, -0.15) is 11.8 Å². The fraction of sp³-hybridized carbons (Fsp3) is 0.562. The maximum absolute atomic E-state index is 13.3. The van der Waals surface area contributed by atoms with Gasteiger partial charge in [0, 0.05) is 18.2 Å². The van der Waals surface area contributed by atoms with Gasteiger partial charge in [-0.15, -0.1) is 0 Å². The van der Waals surface area contributed by atoms with Crippen LogP contribution in [0.1, 0.15) is 94.0 Å². The number of nitrogens with one attached hydrogen (secondary N) is 2. The number of unbranched alkanes of at least 4 members (excludes halogenated alkanes) is 1. The monoisotopic (exact) mass is 546 g/mol. The second-order valence-corrected chi connectivity index (χ2v) is 11.8. The van der Waals surface area contributed by atoms with E-state index >= 15 is 0 Å². The Morgan fingerprint density at radius 3 is 2.49 bits per heavy atom. The number of carboxylic acids is 1. The number of thioether (sulfide) groups is 1. The van der Waals surface area contributed by atoms with E-state index in [0.29, 0.717) is 23.8 Å². The second-order valence-electron chi connectivity index (χ2n) is 10.8. The van der Waals surface area contributed by atoms with Crippen LogP contribution >= 0.6 is 11.8 Å². The number of amides is 1. The SMILES string of the molecule is CCCCC(CC1CCCCC1)NCc1ccc(C(=O)N[C@@H](CCSC)C(=O)O)c(-c2ccccc2C)c1.[H-].[Li+]. The smallest absolute Gasteiger partial charge is 1.00 e. The standard InChI is InChI=1S/C32H46N2O3S.Li.H/c1-4-5-14-26(20-24-12-7-6-8-13-24)33-22-25-16-17-28(29(21-25)27-15-10-9-11-23(27)2)31(35)34-30(32(36)37)18-19-38-3;;/h9-11,15-17,21,24,26,30,33H,4-8,12-14,18-20,22H2,1-3H3,(H,34,35)(H,36,37);;/q;+1;-1/t26?,30-;;/m0../s1. The number of carbonyl (C=O) groups excluding carboxylic acids is 1. The van der Waals surface area contributed by atoms with Crippen LogP contribution in [0.25, 0.3) is 11.1 Å². The predicted octanol–water partition coefficient (Wildman–Crippen LogP) is 4.33. The van der Waals surface area contributed by atoms with E-state index in [9.17, 15) is 14.7 Å². The van der Waals surface area contributed by atoms with Gasteiger partial charge in [0.05, 0.1) is 0 Å². The summed E-state index contributed by atoms with van der Waals surface area (Å²) in [5, 5.41) is 16.3. The van der Waals surface area contributed by atoms with Crippen LogP contribution in [-0.4, -0.2) is 41.1 Å². The fourth-order valence-electron chi connectivity index (χ4n) is 5.57. The van der Waals surface area contributed by atoms with Crippen LogP contribution in [0.15, 0.2) is 42.5 Å². The maximum atomic E-state index is 13.3. The molecule has 0 radical (unpaired) electrons. The Balaban J connectivity index is 0.00000400. The molecule has 1 saturated carbocycles. The number of benzene rings is 2. The largest absolute Gasteiger partial charge is 1.00 e. The van der Waals surface area contributed by atoms with E-state index in [1.165, 1.54) is 57.8 Å². The quantitative estimate of drug-likeness (QED) is 0.290. The summed E-state index contributed by atoms with van der Waals surface area (Å²) in [5.41, 5.74) is 4.60. The normalized spacial score (nSPS) is 15.3. The first kappa shape index (κ1) is 33.5. The number of carboxylic acid groups (broad SMARTS) is 1. The topological polar surface area (TPSA) is 78.4 Å². The molecule has 0 heterocycles. The average molecular weight is 547 g/mol. The first-order valence-corrected chi connectivity index (χ1v) is 15.8. The van der Waals surface area contributed by atoms with Crippen molar-refractivity contribution in [2.24, 2.45) is 5.92 Å². The Labute approximate surface area is 253 Å². The minimum Gasteiger partial charge on any atom is -1.00 e. The zero-order valence-corrected chi connectivity index (χ0v) is 25.2. The second kappa shape index (κ2) is 17.9. The molecule has 2 aromatic carbocycles. The molecule has 1 fully saturated rings. The van der Waals surface area contributed by atoms with Crippen molar-refractivity contribution in [3.8, 4) is 11.1 Å². The molecular formula is C32H47LiN2O3S. The number of rotatable bonds is 15. The van der Waals surface area contributed by atoms with Crippen LogP contribution in [0.4, 0.5) is 0 Å². The van der Waals surface area contributed by atoms with Crippen LogP contribution < -0.4 is 29.5 Å². The predicted molar refractivity (Wildman–Crippen MR) is 161 cm³/mol. The van der Waals surface area contributed by atoms with E-state index in [-0.39, 0.29) is 26.2 Å². The maximum Gasteiger partial charge on any atom is 1.00 e. The molecule has 1 amide bonds. The first-order valence-electron chi connectivity index (χ1n) is 14.4. The van der Waals surface area contributed by atoms with E-state index in [1.54, 1.807) is 11.8 Å². The van der Waals surface area contributed by atoms with E-state index in [2.05, 4.69) is 23.6 Å². The van der Waals surface area contributed by atoms with Gasteiger partial charge in [-0.3, -0.25) is 4.79 Å². The average Bonchev–Trinajstić information content (AvgIpc) is 2.93. The molecule has 39 heavy (non-hydrogen) atoms. The van der Waals surface area contributed by atoms with Crippen LogP contribution in [-0.2, 0) is 11.3 Å². The molecule has 0 aromatic heterocycles. The van der Waals surface area contributed by atoms with E-state index in [1.807, 2.05) is 49.6 Å². The Kier molecular flexibility index (Phi) is 15.3. The summed E-state index contributed by atoms with van der Waals surface area (Å²) in [6, 6.07) is 13.7. The summed E-state index contributed by atoms with van der Waals surface area (Å²) in [4.78, 5) is 25.1. The van der Waals surface area contributed by atoms with E-state index in [0.717, 1.165) is 34.7 Å². The van der Waals surface area contributed by atoms with Crippen molar-refractivity contribution in [2.45, 2.75) is 96.7 Å². The summed E-state index contributed by atoms with van der Waals surface area (Å²) >= 11 is 1.58. The molecule has 0 bridgehead atoms. The molecule has 2 atom stereocenters. The third kappa shape index (κ3) is 10.7. The Bertz CT molecular complexity index is 1050. The molecule has 0 spiro atoms. The summed E-state index contributed by atoms with van der Waals surface area (Å²) in [7, 11) is 0.